The number of quaternary nitrogens is 1. The number of hydrogen-bond acceptors (Lipinski definition) is 3. The van der Waals surface area contributed by atoms with Crippen molar-refractivity contribution in [1.82, 2.24) is 0 Å². The molecule has 0 aromatic heterocycles. The highest BCUT2D eigenvalue weighted by Gasteiger charge is 2.24. The first-order chi connectivity index (χ1) is 11.4. The van der Waals surface area contributed by atoms with Gasteiger partial charge in [0.05, 0.1) is 26.2 Å². The van der Waals surface area contributed by atoms with Gasteiger partial charge in [0.15, 0.2) is 0 Å². The Balaban J connectivity index is 0. The average Bonchev–Trinajstić information content (AvgIpc) is 2.53. The van der Waals surface area contributed by atoms with E-state index in [2.05, 4.69) is 27.7 Å². The van der Waals surface area contributed by atoms with Crippen LogP contribution in [0.15, 0.2) is 0 Å². The summed E-state index contributed by atoms with van der Waals surface area (Å²) in [6, 6.07) is -0.287. The minimum absolute atomic E-state index is 0.0556. The fraction of sp³-hybridized carbons (Fsp3) is 0.950. The van der Waals surface area contributed by atoms with E-state index in [1.807, 2.05) is 0 Å². The van der Waals surface area contributed by atoms with E-state index >= 15 is 0 Å². The Labute approximate surface area is 151 Å². The highest BCUT2D eigenvalue weighted by atomic mass is 16.4. The number of unbranched alkanes of at least 4 members (excludes halogenated alkanes) is 4. The van der Waals surface area contributed by atoms with Crippen LogP contribution in [0.4, 0.5) is 0 Å². The molecule has 0 aliphatic carbocycles. The van der Waals surface area contributed by atoms with Crippen molar-refractivity contribution in [1.29, 1.82) is 0 Å². The van der Waals surface area contributed by atoms with Crippen LogP contribution < -0.4 is 10.8 Å². The molecule has 146 valence electrons. The molecule has 0 saturated heterocycles. The van der Waals surface area contributed by atoms with Crippen LogP contribution in [0.2, 0.25) is 0 Å². The number of carbonyl (C=O) groups is 1. The molecule has 0 heterocycles. The Morgan fingerprint density at radius 1 is 0.833 bits per heavy atom. The molecule has 24 heavy (non-hydrogen) atoms. The molecule has 0 aliphatic rings. The van der Waals surface area contributed by atoms with E-state index in [0.29, 0.717) is 0 Å². The maximum atomic E-state index is 9.62. The van der Waals surface area contributed by atoms with Crippen molar-refractivity contribution >= 4 is 5.97 Å². The number of carbonyl (C=O) groups excluding carboxylic acids is 1. The van der Waals surface area contributed by atoms with Crippen molar-refractivity contribution in [3.05, 3.63) is 0 Å². The average molecular weight is 345 g/mol. The maximum Gasteiger partial charge on any atom is 0.0786 e. The van der Waals surface area contributed by atoms with Crippen LogP contribution in [0.5, 0.6) is 0 Å². The lowest BCUT2D eigenvalue weighted by atomic mass is 10.1. The van der Waals surface area contributed by atoms with Gasteiger partial charge in [0, 0.05) is 18.4 Å². The van der Waals surface area contributed by atoms with Crippen molar-refractivity contribution in [2.24, 2.45) is 5.73 Å². The van der Waals surface area contributed by atoms with Gasteiger partial charge in [-0.05, 0) is 32.6 Å². The fourth-order valence-electron chi connectivity index (χ4n) is 2.91. The number of nitrogens with zero attached hydrogens (tertiary/aromatic N) is 1. The highest BCUT2D eigenvalue weighted by Crippen LogP contribution is 2.16. The van der Waals surface area contributed by atoms with Gasteiger partial charge in [0.25, 0.3) is 0 Å². The summed E-state index contributed by atoms with van der Waals surface area (Å²) in [7, 11) is 0. The van der Waals surface area contributed by atoms with Crippen LogP contribution in [0, 0.1) is 0 Å². The second kappa shape index (κ2) is 17.2. The third-order valence-electron chi connectivity index (χ3n) is 4.43. The van der Waals surface area contributed by atoms with Crippen molar-refractivity contribution in [2.45, 2.75) is 98.4 Å². The molecule has 4 nitrogen and oxygen atoms in total. The van der Waals surface area contributed by atoms with Crippen LogP contribution in [0.1, 0.15) is 92.4 Å². The van der Waals surface area contributed by atoms with Crippen LogP contribution in [0.3, 0.4) is 0 Å². The molecule has 4 heteroatoms. The molecule has 2 N–H and O–H groups in total. The van der Waals surface area contributed by atoms with Gasteiger partial charge in [-0.25, -0.2) is 0 Å². The van der Waals surface area contributed by atoms with Crippen LogP contribution in [-0.2, 0) is 4.79 Å². The van der Waals surface area contributed by atoms with Gasteiger partial charge in [0.2, 0.25) is 0 Å². The number of aliphatic carboxylic acids is 1. The molecule has 0 spiro atoms. The second-order valence-electron chi connectivity index (χ2n) is 7.20. The SMILES string of the molecule is CCCC[N+](CCCC)(CCCC)CCCC.C[C@@H](N)CC(=O)[O-]. The monoisotopic (exact) mass is 344 g/mol. The molecule has 0 amide bonds. The third-order valence-corrected chi connectivity index (χ3v) is 4.43. The van der Waals surface area contributed by atoms with E-state index < -0.39 is 5.97 Å². The molecular formula is C20H44N2O2. The second-order valence-corrected chi connectivity index (χ2v) is 7.20. The molecule has 0 radical (unpaired) electrons. The lowest BCUT2D eigenvalue weighted by Gasteiger charge is -2.39. The topological polar surface area (TPSA) is 66.2 Å². The molecule has 0 aromatic carbocycles. The number of hydrogen-bond donors (Lipinski definition) is 1. The van der Waals surface area contributed by atoms with E-state index in [9.17, 15) is 9.90 Å². The quantitative estimate of drug-likeness (QED) is 0.491. The zero-order chi connectivity index (χ0) is 18.8. The van der Waals surface area contributed by atoms with E-state index in [0.717, 1.165) is 0 Å². The van der Waals surface area contributed by atoms with Gasteiger partial charge in [0.1, 0.15) is 0 Å². The Morgan fingerprint density at radius 3 is 1.25 bits per heavy atom. The summed E-state index contributed by atoms with van der Waals surface area (Å²) in [5.41, 5.74) is 5.07. The smallest absolute Gasteiger partial charge is 0.0786 e. The van der Waals surface area contributed by atoms with Gasteiger partial charge in [-0.3, -0.25) is 0 Å². The van der Waals surface area contributed by atoms with E-state index in [4.69, 9.17) is 5.73 Å². The van der Waals surface area contributed by atoms with Gasteiger partial charge in [-0.1, -0.05) is 53.4 Å². The summed E-state index contributed by atoms with van der Waals surface area (Å²) in [6.07, 6.45) is 11.0. The first-order valence-electron chi connectivity index (χ1n) is 10.2. The number of rotatable bonds is 14. The van der Waals surface area contributed by atoms with Crippen molar-refractivity contribution in [3.8, 4) is 0 Å². The zero-order valence-corrected chi connectivity index (χ0v) is 17.1. The lowest BCUT2D eigenvalue weighted by molar-refractivity contribution is -0.929. The molecule has 1 atom stereocenters. The van der Waals surface area contributed by atoms with Crippen molar-refractivity contribution in [3.63, 3.8) is 0 Å². The van der Waals surface area contributed by atoms with Crippen LogP contribution in [-0.4, -0.2) is 42.7 Å². The summed E-state index contributed by atoms with van der Waals surface area (Å²) in [4.78, 5) is 9.62. The minimum Gasteiger partial charge on any atom is -0.550 e. The predicted molar refractivity (Wildman–Crippen MR) is 103 cm³/mol. The molecule has 0 fully saturated rings. The lowest BCUT2D eigenvalue weighted by Crippen LogP contribution is -2.50. The summed E-state index contributed by atoms with van der Waals surface area (Å²) >= 11 is 0. The van der Waals surface area contributed by atoms with Crippen LogP contribution in [0.25, 0.3) is 0 Å². The molecule has 0 bridgehead atoms. The van der Waals surface area contributed by atoms with Gasteiger partial charge in [-0.2, -0.15) is 0 Å². The Bertz CT molecular complexity index is 243. The molecule has 0 aromatic rings. The third kappa shape index (κ3) is 16.3. The highest BCUT2D eigenvalue weighted by molar-refractivity contribution is 5.64. The van der Waals surface area contributed by atoms with Crippen LogP contribution >= 0.6 is 0 Å². The standard InChI is InChI=1S/C16H36N.C4H9NO2/c1-5-9-13-17(14-10-6-2,15-11-7-3)16-12-8-4;1-3(5)2-4(6)7/h5-16H2,1-4H3;3H,2,5H2,1H3,(H,6,7)/q+1;/p-1/t;3-/m.1/s1. The predicted octanol–water partition coefficient (Wildman–Crippen LogP) is 3.48. The van der Waals surface area contributed by atoms with E-state index in [1.165, 1.54) is 82.0 Å². The molecule has 0 aliphatic heterocycles. The Kier molecular flexibility index (Phi) is 18.4. The summed E-state index contributed by atoms with van der Waals surface area (Å²) in [6.45, 7) is 16.6. The maximum absolute atomic E-state index is 9.62. The normalized spacial score (nSPS) is 12.4. The van der Waals surface area contributed by atoms with Gasteiger partial charge in [-0.15, -0.1) is 0 Å². The first-order valence-corrected chi connectivity index (χ1v) is 10.2. The van der Waals surface area contributed by atoms with Crippen molar-refractivity contribution in [2.75, 3.05) is 26.2 Å². The first kappa shape index (κ1) is 25.6. The van der Waals surface area contributed by atoms with Crippen molar-refractivity contribution < 1.29 is 14.4 Å². The minimum atomic E-state index is -1.09. The van der Waals surface area contributed by atoms with Gasteiger partial charge >= 0.3 is 0 Å². The Morgan fingerprint density at radius 2 is 1.12 bits per heavy atom. The molecule has 0 unspecified atom stereocenters. The Hall–Kier alpha value is -0.610. The summed E-state index contributed by atoms with van der Waals surface area (Å²) in [5, 5.41) is 9.62. The summed E-state index contributed by atoms with van der Waals surface area (Å²) in [5.74, 6) is -1.09. The largest absolute Gasteiger partial charge is 0.550 e. The molecular weight excluding hydrogens is 300 g/mol. The fourth-order valence-corrected chi connectivity index (χ4v) is 2.91. The molecule has 0 rings (SSSR count). The number of carboxylic acid groups (broad SMARTS) is 1. The molecule has 0 saturated carbocycles. The number of nitrogens with two attached hydrogens (primary N) is 1. The number of carboxylic acids is 1. The van der Waals surface area contributed by atoms with E-state index in [1.54, 1.807) is 6.92 Å². The zero-order valence-electron chi connectivity index (χ0n) is 17.1. The van der Waals surface area contributed by atoms with E-state index in [-0.39, 0.29) is 12.5 Å². The van der Waals surface area contributed by atoms with Gasteiger partial charge < -0.3 is 20.1 Å². The summed E-state index contributed by atoms with van der Waals surface area (Å²) < 4.78 is 1.42.